The number of alkyl halides is 4. The molecule has 0 heterocycles. The molecule has 0 unspecified atom stereocenters. The summed E-state index contributed by atoms with van der Waals surface area (Å²) in [5.41, 5.74) is 1.45. The second-order valence-electron chi connectivity index (χ2n) is 3.61. The molecule has 19 heavy (non-hydrogen) atoms. The second-order valence-corrected chi connectivity index (χ2v) is 3.88. The van der Waals surface area contributed by atoms with Crippen LogP contribution in [0.3, 0.4) is 0 Å². The minimum absolute atomic E-state index is 0.0508. The van der Waals surface area contributed by atoms with Gasteiger partial charge in [0.05, 0.1) is 19.1 Å². The van der Waals surface area contributed by atoms with Crippen LogP contribution < -0.4 is 10.1 Å². The third kappa shape index (κ3) is 6.02. The predicted molar refractivity (Wildman–Crippen MR) is 67.7 cm³/mol. The maximum Gasteiger partial charge on any atom is 0.522 e. The van der Waals surface area contributed by atoms with Crippen LogP contribution in [-0.2, 0) is 10.6 Å². The van der Waals surface area contributed by atoms with E-state index in [2.05, 4.69) is 10.1 Å². The Balaban J connectivity index is 2.50. The molecule has 0 radical (unpaired) electrons. The van der Waals surface area contributed by atoms with E-state index in [0.717, 1.165) is 5.56 Å². The second kappa shape index (κ2) is 7.45. The zero-order valence-electron chi connectivity index (χ0n) is 10.4. The van der Waals surface area contributed by atoms with Crippen LogP contribution in [0, 0.1) is 0 Å². The summed E-state index contributed by atoms with van der Waals surface area (Å²) in [6.07, 6.45) is -4.60. The summed E-state index contributed by atoms with van der Waals surface area (Å²) in [7, 11) is 0. The fourth-order valence-electron chi connectivity index (χ4n) is 1.45. The molecule has 7 heteroatoms. The molecule has 108 valence electrons. The van der Waals surface area contributed by atoms with Gasteiger partial charge in [-0.2, -0.15) is 0 Å². The summed E-state index contributed by atoms with van der Waals surface area (Å²) in [5, 5.41) is 2.82. The largest absolute Gasteiger partial charge is 0.522 e. The van der Waals surface area contributed by atoms with E-state index in [-0.39, 0.29) is 12.4 Å². The van der Waals surface area contributed by atoms with Crippen LogP contribution >= 0.6 is 11.6 Å². The number of nitrogens with one attached hydrogen (secondary N) is 1. The van der Waals surface area contributed by atoms with Crippen molar-refractivity contribution in [2.75, 3.05) is 25.1 Å². The van der Waals surface area contributed by atoms with Crippen molar-refractivity contribution < 1.29 is 22.6 Å². The Morgan fingerprint density at radius 2 is 2.05 bits per heavy atom. The molecule has 1 aromatic carbocycles. The molecule has 1 rings (SSSR count). The zero-order chi connectivity index (χ0) is 14.3. The van der Waals surface area contributed by atoms with Crippen molar-refractivity contribution in [3.05, 3.63) is 23.8 Å². The molecule has 3 nitrogen and oxygen atoms in total. The molecule has 0 saturated carbocycles. The highest BCUT2D eigenvalue weighted by molar-refractivity contribution is 6.17. The molecular formula is C12H15ClF3NO2. The van der Waals surface area contributed by atoms with E-state index in [0.29, 0.717) is 18.0 Å². The SMILES string of the molecule is CCOc1ccc(NCCOC(F)(F)F)cc1CCl. The van der Waals surface area contributed by atoms with Gasteiger partial charge in [-0.15, -0.1) is 24.8 Å². The number of hydrogen-bond acceptors (Lipinski definition) is 3. The van der Waals surface area contributed by atoms with Crippen LogP contribution in [0.4, 0.5) is 18.9 Å². The Hall–Kier alpha value is -1.14. The van der Waals surface area contributed by atoms with Gasteiger partial charge in [0.25, 0.3) is 0 Å². The van der Waals surface area contributed by atoms with Gasteiger partial charge in [0.15, 0.2) is 0 Å². The number of anilines is 1. The lowest BCUT2D eigenvalue weighted by Crippen LogP contribution is -2.19. The van der Waals surface area contributed by atoms with E-state index in [1.165, 1.54) is 0 Å². The topological polar surface area (TPSA) is 30.5 Å². The van der Waals surface area contributed by atoms with Gasteiger partial charge in [0.1, 0.15) is 5.75 Å². The van der Waals surface area contributed by atoms with Gasteiger partial charge < -0.3 is 10.1 Å². The van der Waals surface area contributed by atoms with Gasteiger partial charge in [-0.3, -0.25) is 4.74 Å². The van der Waals surface area contributed by atoms with Crippen LogP contribution in [-0.4, -0.2) is 26.1 Å². The van der Waals surface area contributed by atoms with Gasteiger partial charge in [0.2, 0.25) is 0 Å². The van der Waals surface area contributed by atoms with E-state index in [1.807, 2.05) is 6.92 Å². The highest BCUT2D eigenvalue weighted by Crippen LogP contribution is 2.24. The van der Waals surface area contributed by atoms with Crippen LogP contribution in [0.15, 0.2) is 18.2 Å². The molecule has 1 aromatic rings. The number of benzene rings is 1. The molecule has 0 aliphatic rings. The third-order valence-electron chi connectivity index (χ3n) is 2.20. The van der Waals surface area contributed by atoms with Crippen LogP contribution in [0.5, 0.6) is 5.75 Å². The van der Waals surface area contributed by atoms with E-state index >= 15 is 0 Å². The Labute approximate surface area is 114 Å². The van der Waals surface area contributed by atoms with E-state index < -0.39 is 13.0 Å². The zero-order valence-corrected chi connectivity index (χ0v) is 11.1. The molecule has 0 aliphatic heterocycles. The van der Waals surface area contributed by atoms with Gasteiger partial charge in [-0.25, -0.2) is 0 Å². The van der Waals surface area contributed by atoms with Crippen LogP contribution in [0.1, 0.15) is 12.5 Å². The van der Waals surface area contributed by atoms with Gasteiger partial charge in [-0.1, -0.05) is 0 Å². The van der Waals surface area contributed by atoms with Crippen LogP contribution in [0.2, 0.25) is 0 Å². The minimum Gasteiger partial charge on any atom is -0.494 e. The Morgan fingerprint density at radius 1 is 1.32 bits per heavy atom. The van der Waals surface area contributed by atoms with Crippen molar-refractivity contribution >= 4 is 17.3 Å². The number of ether oxygens (including phenoxy) is 2. The Bertz CT molecular complexity index is 399. The predicted octanol–water partition coefficient (Wildman–Crippen LogP) is 3.77. The first-order chi connectivity index (χ1) is 8.96. The monoisotopic (exact) mass is 297 g/mol. The summed E-state index contributed by atoms with van der Waals surface area (Å²) >= 11 is 5.78. The van der Waals surface area contributed by atoms with Gasteiger partial charge >= 0.3 is 6.36 Å². The molecule has 0 amide bonds. The summed E-state index contributed by atoms with van der Waals surface area (Å²) in [4.78, 5) is 0. The average molecular weight is 298 g/mol. The summed E-state index contributed by atoms with van der Waals surface area (Å²) in [6, 6.07) is 5.19. The number of hydrogen-bond donors (Lipinski definition) is 1. The molecule has 0 atom stereocenters. The highest BCUT2D eigenvalue weighted by atomic mass is 35.5. The quantitative estimate of drug-likeness (QED) is 0.614. The molecule has 1 N–H and O–H groups in total. The first-order valence-electron chi connectivity index (χ1n) is 5.72. The van der Waals surface area contributed by atoms with Gasteiger partial charge in [0, 0.05) is 17.8 Å². The lowest BCUT2D eigenvalue weighted by molar-refractivity contribution is -0.322. The molecule has 0 aliphatic carbocycles. The first kappa shape index (κ1) is 15.9. The average Bonchev–Trinajstić information content (AvgIpc) is 2.35. The van der Waals surface area contributed by atoms with Crippen LogP contribution in [0.25, 0.3) is 0 Å². The Kier molecular flexibility index (Phi) is 6.24. The van der Waals surface area contributed by atoms with Crippen molar-refractivity contribution in [1.82, 2.24) is 0 Å². The van der Waals surface area contributed by atoms with Gasteiger partial charge in [-0.05, 0) is 25.1 Å². The lowest BCUT2D eigenvalue weighted by atomic mass is 10.2. The highest BCUT2D eigenvalue weighted by Gasteiger charge is 2.28. The first-order valence-corrected chi connectivity index (χ1v) is 6.26. The smallest absolute Gasteiger partial charge is 0.494 e. The third-order valence-corrected chi connectivity index (χ3v) is 2.49. The maximum atomic E-state index is 11.8. The minimum atomic E-state index is -4.60. The standard InChI is InChI=1S/C12H15ClF3NO2/c1-2-18-11-4-3-10(7-9(11)8-13)17-5-6-19-12(14,15)16/h3-4,7,17H,2,5-6,8H2,1H3. The lowest BCUT2D eigenvalue weighted by Gasteiger charge is -2.12. The molecular weight excluding hydrogens is 283 g/mol. The van der Waals surface area contributed by atoms with E-state index in [1.54, 1.807) is 18.2 Å². The van der Waals surface area contributed by atoms with Crippen molar-refractivity contribution in [3.8, 4) is 5.75 Å². The van der Waals surface area contributed by atoms with Crippen molar-refractivity contribution in [3.63, 3.8) is 0 Å². The molecule has 0 spiro atoms. The van der Waals surface area contributed by atoms with E-state index in [4.69, 9.17) is 16.3 Å². The maximum absolute atomic E-state index is 11.8. The molecule has 0 saturated heterocycles. The van der Waals surface area contributed by atoms with Crippen molar-refractivity contribution in [1.29, 1.82) is 0 Å². The number of halogens is 4. The fourth-order valence-corrected chi connectivity index (χ4v) is 1.66. The molecule has 0 fully saturated rings. The number of rotatable bonds is 7. The normalized spacial score (nSPS) is 11.4. The summed E-state index contributed by atoms with van der Waals surface area (Å²) in [5.74, 6) is 0.943. The Morgan fingerprint density at radius 3 is 2.63 bits per heavy atom. The van der Waals surface area contributed by atoms with E-state index in [9.17, 15) is 13.2 Å². The summed E-state index contributed by atoms with van der Waals surface area (Å²) in [6.45, 7) is 1.98. The van der Waals surface area contributed by atoms with Crippen molar-refractivity contribution in [2.24, 2.45) is 0 Å². The van der Waals surface area contributed by atoms with Crippen molar-refractivity contribution in [2.45, 2.75) is 19.2 Å². The summed E-state index contributed by atoms with van der Waals surface area (Å²) < 4.78 is 44.3. The molecule has 0 aromatic heterocycles. The molecule has 0 bridgehead atoms. The fraction of sp³-hybridized carbons (Fsp3) is 0.500.